The molecule has 4 aromatic carbocycles. The number of nitro groups is 1. The molecule has 1 heterocycles. The largest absolute Gasteiger partial charge is 0.489 e. The molecule has 0 aliphatic carbocycles. The normalized spacial score (nSPS) is 14.6. The van der Waals surface area contributed by atoms with E-state index < -0.39 is 11.1 Å². The van der Waals surface area contributed by atoms with Crippen molar-refractivity contribution in [1.29, 1.82) is 0 Å². The molecule has 0 radical (unpaired) electrons. The molecule has 0 bridgehead atoms. The van der Waals surface area contributed by atoms with Crippen LogP contribution in [0.15, 0.2) is 116 Å². The second-order valence-corrected chi connectivity index (χ2v) is 9.00. The lowest BCUT2D eigenvalue weighted by atomic mass is 9.98. The average Bonchev–Trinajstić information content (AvgIpc) is 2.95. The number of para-hydroxylation sites is 1. The van der Waals surface area contributed by atoms with E-state index in [2.05, 4.69) is 11.5 Å². The number of amides is 1. The summed E-state index contributed by atoms with van der Waals surface area (Å²) in [6, 6.07) is 31.9. The first-order valence-corrected chi connectivity index (χ1v) is 12.3. The Morgan fingerprint density at radius 1 is 0.842 bits per heavy atom. The quantitative estimate of drug-likeness (QED) is 0.147. The van der Waals surface area contributed by atoms with Gasteiger partial charge in [0.25, 0.3) is 11.6 Å². The fraction of sp³-hybridized carbons (Fsp3) is 0.129. The predicted molar refractivity (Wildman–Crippen MR) is 147 cm³/mol. The van der Waals surface area contributed by atoms with E-state index >= 15 is 0 Å². The van der Waals surface area contributed by atoms with Crippen LogP contribution in [0.4, 0.5) is 11.4 Å². The minimum atomic E-state index is -0.530. The standard InChI is InChI=1S/C31H27N3O4/c1-2-19-38-29-16-10-9-15-26(29)30-32(21-23-11-5-3-6-12-23)28-18-17-25(34(36)37)20-27(28)31(35)33(30)22-24-13-7-4-8-14-24/h2-18,20,30H,1,19,21-22H2/t30-/m0/s1. The minimum Gasteiger partial charge on any atom is -0.489 e. The Morgan fingerprint density at radius 3 is 2.08 bits per heavy atom. The maximum atomic E-state index is 14.1. The van der Waals surface area contributed by atoms with Crippen LogP contribution < -0.4 is 9.64 Å². The van der Waals surface area contributed by atoms with Crippen molar-refractivity contribution in [2.75, 3.05) is 11.5 Å². The van der Waals surface area contributed by atoms with Gasteiger partial charge in [-0.15, -0.1) is 0 Å². The Morgan fingerprint density at radius 2 is 1.45 bits per heavy atom. The maximum absolute atomic E-state index is 14.1. The Kier molecular flexibility index (Phi) is 7.17. The lowest BCUT2D eigenvalue weighted by Gasteiger charge is -2.46. The molecule has 1 atom stereocenters. The third-order valence-electron chi connectivity index (χ3n) is 6.53. The first-order chi connectivity index (χ1) is 18.6. The zero-order valence-corrected chi connectivity index (χ0v) is 20.8. The zero-order valence-electron chi connectivity index (χ0n) is 20.8. The average molecular weight is 506 g/mol. The van der Waals surface area contributed by atoms with Crippen molar-refractivity contribution < 1.29 is 14.5 Å². The molecule has 5 rings (SSSR count). The van der Waals surface area contributed by atoms with E-state index in [4.69, 9.17) is 4.74 Å². The molecule has 1 amide bonds. The number of hydrogen-bond donors (Lipinski definition) is 0. The van der Waals surface area contributed by atoms with Crippen molar-refractivity contribution >= 4 is 17.3 Å². The van der Waals surface area contributed by atoms with Crippen LogP contribution in [0.5, 0.6) is 5.75 Å². The number of anilines is 1. The summed E-state index contributed by atoms with van der Waals surface area (Å²) in [6.45, 7) is 4.88. The van der Waals surface area contributed by atoms with Crippen LogP contribution in [0.2, 0.25) is 0 Å². The number of rotatable bonds is 9. The summed E-state index contributed by atoms with van der Waals surface area (Å²) in [7, 11) is 0. The summed E-state index contributed by atoms with van der Waals surface area (Å²) >= 11 is 0. The summed E-state index contributed by atoms with van der Waals surface area (Å²) in [5.74, 6) is 0.368. The molecule has 1 aliphatic rings. The first kappa shape index (κ1) is 24.8. The Hall–Kier alpha value is -4.91. The molecule has 0 saturated heterocycles. The van der Waals surface area contributed by atoms with Gasteiger partial charge in [0.15, 0.2) is 0 Å². The van der Waals surface area contributed by atoms with Crippen molar-refractivity contribution in [3.63, 3.8) is 0 Å². The van der Waals surface area contributed by atoms with Crippen LogP contribution in [-0.2, 0) is 13.1 Å². The molecule has 0 unspecified atom stereocenters. The SMILES string of the molecule is C=CCOc1ccccc1[C@@H]1N(Cc2ccccc2)C(=O)c2cc([N+](=O)[O-])ccc2N1Cc1ccccc1. The van der Waals surface area contributed by atoms with Gasteiger partial charge in [-0.3, -0.25) is 14.9 Å². The molecule has 0 N–H and O–H groups in total. The number of nitro benzene ring substituents is 1. The van der Waals surface area contributed by atoms with E-state index in [-0.39, 0.29) is 11.6 Å². The van der Waals surface area contributed by atoms with Crippen molar-refractivity contribution in [3.8, 4) is 5.75 Å². The Balaban J connectivity index is 1.72. The zero-order chi connectivity index (χ0) is 26.5. The van der Waals surface area contributed by atoms with Gasteiger partial charge >= 0.3 is 0 Å². The van der Waals surface area contributed by atoms with E-state index in [1.165, 1.54) is 12.1 Å². The molecule has 7 nitrogen and oxygen atoms in total. The number of ether oxygens (including phenoxy) is 1. The highest BCUT2D eigenvalue weighted by Gasteiger charge is 2.40. The van der Waals surface area contributed by atoms with Crippen LogP contribution in [0, 0.1) is 10.1 Å². The highest BCUT2D eigenvalue weighted by atomic mass is 16.6. The number of fused-ring (bicyclic) bond motifs is 1. The molecule has 0 saturated carbocycles. The summed E-state index contributed by atoms with van der Waals surface area (Å²) in [6.07, 6.45) is 1.15. The van der Waals surface area contributed by atoms with Gasteiger partial charge in [0.1, 0.15) is 18.5 Å². The molecular formula is C31H27N3O4. The van der Waals surface area contributed by atoms with Crippen molar-refractivity contribution in [2.24, 2.45) is 0 Å². The Bertz CT molecular complexity index is 1460. The Labute approximate surface area is 221 Å². The summed E-state index contributed by atoms with van der Waals surface area (Å²) in [5.41, 5.74) is 3.62. The maximum Gasteiger partial charge on any atom is 0.270 e. The van der Waals surface area contributed by atoms with E-state index in [1.807, 2.05) is 84.9 Å². The fourth-order valence-electron chi connectivity index (χ4n) is 4.83. The predicted octanol–water partition coefficient (Wildman–Crippen LogP) is 6.52. The van der Waals surface area contributed by atoms with Crippen LogP contribution >= 0.6 is 0 Å². The molecule has 0 spiro atoms. The minimum absolute atomic E-state index is 0.121. The topological polar surface area (TPSA) is 75.9 Å². The smallest absolute Gasteiger partial charge is 0.270 e. The number of hydrogen-bond acceptors (Lipinski definition) is 5. The second-order valence-electron chi connectivity index (χ2n) is 9.00. The number of carbonyl (C=O) groups excluding carboxylic acids is 1. The highest BCUT2D eigenvalue weighted by molar-refractivity contribution is 6.02. The van der Waals surface area contributed by atoms with Crippen molar-refractivity contribution in [2.45, 2.75) is 19.3 Å². The lowest BCUT2D eigenvalue weighted by Crippen LogP contribution is -2.49. The number of non-ortho nitro benzene ring substituents is 1. The first-order valence-electron chi connectivity index (χ1n) is 12.3. The fourth-order valence-corrected chi connectivity index (χ4v) is 4.83. The van der Waals surface area contributed by atoms with Crippen LogP contribution in [0.1, 0.15) is 33.2 Å². The molecule has 0 fully saturated rings. The number of benzene rings is 4. The van der Waals surface area contributed by atoms with Gasteiger partial charge in [-0.05, 0) is 23.3 Å². The summed E-state index contributed by atoms with van der Waals surface area (Å²) < 4.78 is 6.04. The van der Waals surface area contributed by atoms with E-state index in [9.17, 15) is 14.9 Å². The molecule has 38 heavy (non-hydrogen) atoms. The molecule has 0 aromatic heterocycles. The van der Waals surface area contributed by atoms with Gasteiger partial charge in [0.2, 0.25) is 0 Å². The van der Waals surface area contributed by atoms with E-state index in [0.29, 0.717) is 36.7 Å². The van der Waals surface area contributed by atoms with E-state index in [0.717, 1.165) is 16.7 Å². The third-order valence-corrected chi connectivity index (χ3v) is 6.53. The second kappa shape index (κ2) is 11.0. The summed E-state index contributed by atoms with van der Waals surface area (Å²) in [5, 5.41) is 11.6. The van der Waals surface area contributed by atoms with Crippen LogP contribution in [-0.4, -0.2) is 22.3 Å². The highest BCUT2D eigenvalue weighted by Crippen LogP contribution is 2.44. The molecular weight excluding hydrogens is 478 g/mol. The molecule has 4 aromatic rings. The van der Waals surface area contributed by atoms with Gasteiger partial charge in [-0.2, -0.15) is 0 Å². The lowest BCUT2D eigenvalue weighted by molar-refractivity contribution is -0.384. The molecule has 7 heteroatoms. The van der Waals surface area contributed by atoms with E-state index in [1.54, 1.807) is 17.0 Å². The molecule has 1 aliphatic heterocycles. The molecule has 190 valence electrons. The van der Waals surface area contributed by atoms with Gasteiger partial charge in [-0.25, -0.2) is 0 Å². The van der Waals surface area contributed by atoms with Crippen molar-refractivity contribution in [1.82, 2.24) is 4.90 Å². The van der Waals surface area contributed by atoms with Gasteiger partial charge < -0.3 is 14.5 Å². The van der Waals surface area contributed by atoms with Gasteiger partial charge in [0.05, 0.1) is 16.2 Å². The number of nitrogens with zero attached hydrogens (tertiary/aromatic N) is 3. The van der Waals surface area contributed by atoms with Crippen LogP contribution in [0.3, 0.4) is 0 Å². The monoisotopic (exact) mass is 505 g/mol. The number of carbonyl (C=O) groups is 1. The van der Waals surface area contributed by atoms with Gasteiger partial charge in [0, 0.05) is 30.8 Å². The summed E-state index contributed by atoms with van der Waals surface area (Å²) in [4.78, 5) is 29.1. The van der Waals surface area contributed by atoms with Crippen molar-refractivity contribution in [3.05, 3.63) is 148 Å². The van der Waals surface area contributed by atoms with Gasteiger partial charge in [-0.1, -0.05) is 91.5 Å². The third kappa shape index (κ3) is 4.99. The van der Waals surface area contributed by atoms with Crippen LogP contribution in [0.25, 0.3) is 0 Å².